The molecule has 0 spiro atoms. The molecule has 4 bridgehead atoms. The lowest BCUT2D eigenvalue weighted by Gasteiger charge is -2.32. The van der Waals surface area contributed by atoms with Crippen LogP contribution in [0.5, 0.6) is 0 Å². The zero-order valence-corrected chi connectivity index (χ0v) is 24.2. The summed E-state index contributed by atoms with van der Waals surface area (Å²) < 4.78 is 2.44. The van der Waals surface area contributed by atoms with Crippen molar-refractivity contribution < 1.29 is 4.57 Å². The topological polar surface area (TPSA) is 7.12 Å². The van der Waals surface area contributed by atoms with Crippen LogP contribution in [-0.2, 0) is 13.0 Å². The fourth-order valence-corrected chi connectivity index (χ4v) is 6.06. The van der Waals surface area contributed by atoms with E-state index in [0.717, 1.165) is 6.54 Å². The average molecular weight is 507 g/mol. The van der Waals surface area contributed by atoms with Crippen molar-refractivity contribution in [2.45, 2.75) is 154 Å². The number of pyridine rings is 1. The molecular formula is C35H58N2. The molecule has 37 heavy (non-hydrogen) atoms. The Morgan fingerprint density at radius 2 is 1.14 bits per heavy atom. The Kier molecular flexibility index (Phi) is 16.5. The van der Waals surface area contributed by atoms with Gasteiger partial charge in [-0.1, -0.05) is 109 Å². The van der Waals surface area contributed by atoms with Crippen molar-refractivity contribution in [2.75, 3.05) is 13.1 Å². The van der Waals surface area contributed by atoms with Gasteiger partial charge in [-0.3, -0.25) is 0 Å². The number of allylic oxidation sites excluding steroid dienone is 2. The maximum atomic E-state index is 3.47. The van der Waals surface area contributed by atoms with Crippen molar-refractivity contribution in [3.63, 3.8) is 0 Å². The molecule has 2 aliphatic heterocycles. The van der Waals surface area contributed by atoms with Gasteiger partial charge in [0.2, 0.25) is 0 Å². The van der Waals surface area contributed by atoms with Gasteiger partial charge in [0.1, 0.15) is 6.54 Å². The monoisotopic (exact) mass is 506 g/mol. The van der Waals surface area contributed by atoms with Crippen molar-refractivity contribution in [3.8, 4) is 0 Å². The van der Waals surface area contributed by atoms with E-state index in [9.17, 15) is 0 Å². The van der Waals surface area contributed by atoms with Crippen LogP contribution in [-0.4, -0.2) is 18.0 Å². The summed E-state index contributed by atoms with van der Waals surface area (Å²) in [7, 11) is 0. The highest BCUT2D eigenvalue weighted by Crippen LogP contribution is 2.18. The van der Waals surface area contributed by atoms with Gasteiger partial charge in [-0.05, 0) is 44.7 Å². The van der Waals surface area contributed by atoms with E-state index in [-0.39, 0.29) is 0 Å². The van der Waals surface area contributed by atoms with Crippen molar-refractivity contribution in [2.24, 2.45) is 0 Å². The molecule has 0 saturated carbocycles. The largest absolute Gasteiger partial charge is 0.462 e. The number of aryl methyl sites for hydroxylation is 2. The van der Waals surface area contributed by atoms with E-state index < -0.39 is 0 Å². The number of aromatic nitrogens is 1. The molecule has 0 N–H and O–H groups in total. The first-order valence-corrected chi connectivity index (χ1v) is 16.4. The molecule has 3 heterocycles. The third-order valence-corrected chi connectivity index (χ3v) is 8.45. The Bertz CT molecular complexity index is 749. The van der Waals surface area contributed by atoms with Crippen LogP contribution in [0.2, 0.25) is 0 Å². The molecule has 0 saturated heterocycles. The Labute approximate surface area is 230 Å². The average Bonchev–Trinajstić information content (AvgIpc) is 2.92. The van der Waals surface area contributed by atoms with Gasteiger partial charge in [0, 0.05) is 24.6 Å². The highest BCUT2D eigenvalue weighted by Gasteiger charge is 2.04. The standard InChI is InChI=1S/C35H58N2/c1-2-6-10-14-18-24-34-26-22-31-37(32-34)29-21-17-13-9-5-3-7-11-15-19-25-35-27-23-30-36(33-35)28-20-16-12-8-4-1/h22-23,26-27,30,33H,1-21,24-25,28-29,32H2. The number of hydrogen-bond acceptors (Lipinski definition) is 1. The summed E-state index contributed by atoms with van der Waals surface area (Å²) in [6.07, 6.45) is 44.7. The lowest BCUT2D eigenvalue weighted by atomic mass is 10.0. The zero-order chi connectivity index (χ0) is 25.6. The fourth-order valence-electron chi connectivity index (χ4n) is 6.06. The molecular weight excluding hydrogens is 448 g/mol. The predicted octanol–water partition coefficient (Wildman–Crippen LogP) is 9.67. The molecule has 0 amide bonds. The van der Waals surface area contributed by atoms with Crippen molar-refractivity contribution in [1.29, 1.82) is 0 Å². The maximum Gasteiger partial charge on any atom is 0.171 e. The van der Waals surface area contributed by atoms with E-state index in [1.54, 1.807) is 5.57 Å². The van der Waals surface area contributed by atoms with Crippen LogP contribution in [0.3, 0.4) is 0 Å². The molecule has 0 radical (unpaired) electrons. The molecule has 1 aromatic heterocycles. The SMILES string of the molecule is [C-]1=CC=C2CCCCCCCCCCCCC[n+]3cccc(c3)CCCCCCCCCCCCN1C2. The molecule has 0 unspecified atom stereocenters. The number of rotatable bonds is 0. The van der Waals surface area contributed by atoms with Gasteiger partial charge in [0.15, 0.2) is 12.4 Å². The van der Waals surface area contributed by atoms with Crippen molar-refractivity contribution in [3.05, 3.63) is 54.0 Å². The third kappa shape index (κ3) is 14.8. The molecule has 0 fully saturated rings. The number of fused-ring (bicyclic) bond motifs is 4. The van der Waals surface area contributed by atoms with Crippen LogP contribution in [0.25, 0.3) is 0 Å². The minimum Gasteiger partial charge on any atom is -0.462 e. The van der Waals surface area contributed by atoms with E-state index >= 15 is 0 Å². The van der Waals surface area contributed by atoms with E-state index in [0.29, 0.717) is 0 Å². The molecule has 0 aliphatic carbocycles. The molecule has 2 aliphatic rings. The molecule has 208 valence electrons. The highest BCUT2D eigenvalue weighted by molar-refractivity contribution is 5.16. The second-order valence-corrected chi connectivity index (χ2v) is 11.9. The second kappa shape index (κ2) is 20.4. The third-order valence-electron chi connectivity index (χ3n) is 8.45. The van der Waals surface area contributed by atoms with Crippen molar-refractivity contribution in [1.82, 2.24) is 4.90 Å². The normalized spacial score (nSPS) is 21.9. The summed E-state index contributed by atoms with van der Waals surface area (Å²) in [4.78, 5) is 2.44. The minimum atomic E-state index is 1.13. The first-order valence-electron chi connectivity index (χ1n) is 16.4. The van der Waals surface area contributed by atoms with E-state index in [1.807, 2.05) is 0 Å². The van der Waals surface area contributed by atoms with E-state index in [1.165, 1.54) is 166 Å². The first kappa shape index (κ1) is 30.0. The quantitative estimate of drug-likeness (QED) is 0.251. The Hall–Kier alpha value is -1.57. The molecule has 2 heteroatoms. The molecule has 0 atom stereocenters. The highest BCUT2D eigenvalue weighted by atomic mass is 15.1. The van der Waals surface area contributed by atoms with Crippen LogP contribution < -0.4 is 4.57 Å². The van der Waals surface area contributed by atoms with Gasteiger partial charge >= 0.3 is 0 Å². The Morgan fingerprint density at radius 3 is 1.78 bits per heavy atom. The van der Waals surface area contributed by atoms with Crippen LogP contribution in [0.4, 0.5) is 0 Å². The van der Waals surface area contributed by atoms with Gasteiger partial charge in [-0.25, -0.2) is 16.7 Å². The van der Waals surface area contributed by atoms with Crippen LogP contribution in [0.15, 0.2) is 42.3 Å². The van der Waals surface area contributed by atoms with Crippen LogP contribution in [0, 0.1) is 6.20 Å². The fraction of sp³-hybridized carbons (Fsp3) is 0.743. The molecule has 0 aromatic carbocycles. The van der Waals surface area contributed by atoms with Gasteiger partial charge in [0.25, 0.3) is 0 Å². The first-order chi connectivity index (χ1) is 18.4. The van der Waals surface area contributed by atoms with Crippen molar-refractivity contribution >= 4 is 0 Å². The summed E-state index contributed by atoms with van der Waals surface area (Å²) in [5, 5.41) is 0. The van der Waals surface area contributed by atoms with Gasteiger partial charge < -0.3 is 4.90 Å². The summed E-state index contributed by atoms with van der Waals surface area (Å²) in [6.45, 7) is 3.51. The summed E-state index contributed by atoms with van der Waals surface area (Å²) in [5.74, 6) is 0. The van der Waals surface area contributed by atoms with Gasteiger partial charge in [-0.2, -0.15) is 6.20 Å². The van der Waals surface area contributed by atoms with Gasteiger partial charge in [0.05, 0.1) is 0 Å². The lowest BCUT2D eigenvalue weighted by Crippen LogP contribution is -2.33. The zero-order valence-electron chi connectivity index (χ0n) is 24.2. The summed E-state index contributed by atoms with van der Waals surface area (Å²) in [5.41, 5.74) is 3.16. The van der Waals surface area contributed by atoms with Crippen LogP contribution >= 0.6 is 0 Å². The Balaban J connectivity index is 1.33. The second-order valence-electron chi connectivity index (χ2n) is 11.9. The number of nitrogens with zero attached hydrogens (tertiary/aromatic N) is 2. The van der Waals surface area contributed by atoms with Crippen LogP contribution in [0.1, 0.15) is 147 Å². The van der Waals surface area contributed by atoms with E-state index in [4.69, 9.17) is 0 Å². The Morgan fingerprint density at radius 1 is 0.595 bits per heavy atom. The predicted molar refractivity (Wildman–Crippen MR) is 159 cm³/mol. The lowest BCUT2D eigenvalue weighted by molar-refractivity contribution is -0.697. The van der Waals surface area contributed by atoms with E-state index in [2.05, 4.69) is 52.3 Å². The molecule has 1 aromatic rings. The summed E-state index contributed by atoms with van der Waals surface area (Å²) in [6, 6.07) is 4.59. The van der Waals surface area contributed by atoms with Gasteiger partial charge in [-0.15, -0.1) is 5.57 Å². The number of hydrogen-bond donors (Lipinski definition) is 0. The maximum absolute atomic E-state index is 3.47. The molecule has 3 rings (SSSR count). The molecule has 2 nitrogen and oxygen atoms in total. The minimum absolute atomic E-state index is 1.13. The summed E-state index contributed by atoms with van der Waals surface area (Å²) >= 11 is 0. The smallest absolute Gasteiger partial charge is 0.171 e.